The van der Waals surface area contributed by atoms with E-state index in [4.69, 9.17) is 5.73 Å². The third-order valence-electron chi connectivity index (χ3n) is 2.09. The van der Waals surface area contributed by atoms with Crippen LogP contribution in [0.5, 0.6) is 0 Å². The number of hydrogen-bond acceptors (Lipinski definition) is 4. The quantitative estimate of drug-likeness (QED) is 0.806. The molecule has 1 heterocycles. The summed E-state index contributed by atoms with van der Waals surface area (Å²) in [6, 6.07) is 4.96. The van der Waals surface area contributed by atoms with E-state index in [1.165, 1.54) is 0 Å². The topological polar surface area (TPSA) is 73.1 Å². The maximum absolute atomic E-state index is 11.6. The summed E-state index contributed by atoms with van der Waals surface area (Å²) < 4.78 is 23.3. The molecule has 1 atom stereocenters. The van der Waals surface area contributed by atoms with Crippen molar-refractivity contribution >= 4 is 9.84 Å². The molecule has 1 rings (SSSR count). The Balaban J connectivity index is 2.65. The highest BCUT2D eigenvalue weighted by atomic mass is 32.2. The zero-order valence-electron chi connectivity index (χ0n) is 8.76. The molecule has 2 N–H and O–H groups in total. The molecule has 0 saturated carbocycles. The SMILES string of the molecule is CCC(N)CS(=O)(=O)Cc1ccccn1. The normalized spacial score (nSPS) is 13.7. The summed E-state index contributed by atoms with van der Waals surface area (Å²) in [5, 5.41) is 0. The van der Waals surface area contributed by atoms with Gasteiger partial charge in [-0.25, -0.2) is 8.42 Å². The van der Waals surface area contributed by atoms with E-state index in [2.05, 4.69) is 4.98 Å². The van der Waals surface area contributed by atoms with Crippen molar-refractivity contribution in [3.8, 4) is 0 Å². The molecular formula is C10H16N2O2S. The fourth-order valence-electron chi connectivity index (χ4n) is 1.21. The third-order valence-corrected chi connectivity index (χ3v) is 3.76. The van der Waals surface area contributed by atoms with Gasteiger partial charge < -0.3 is 5.73 Å². The zero-order valence-corrected chi connectivity index (χ0v) is 9.57. The second kappa shape index (κ2) is 5.23. The van der Waals surface area contributed by atoms with Gasteiger partial charge in [-0.05, 0) is 18.6 Å². The molecule has 0 aromatic carbocycles. The van der Waals surface area contributed by atoms with E-state index in [9.17, 15) is 8.42 Å². The van der Waals surface area contributed by atoms with E-state index in [0.29, 0.717) is 12.1 Å². The molecule has 0 aliphatic carbocycles. The standard InChI is InChI=1S/C10H16N2O2S/c1-2-9(11)7-15(13,14)8-10-5-3-4-6-12-10/h3-6,9H,2,7-8,11H2,1H3. The number of sulfone groups is 1. The van der Waals surface area contributed by atoms with Gasteiger partial charge in [0.1, 0.15) is 0 Å². The first kappa shape index (κ1) is 12.1. The zero-order chi connectivity index (χ0) is 11.3. The van der Waals surface area contributed by atoms with Crippen LogP contribution in [-0.2, 0) is 15.6 Å². The lowest BCUT2D eigenvalue weighted by Gasteiger charge is -2.08. The van der Waals surface area contributed by atoms with E-state index < -0.39 is 9.84 Å². The fourth-order valence-corrected chi connectivity index (χ4v) is 2.84. The predicted octanol–water partition coefficient (Wildman–Crippen LogP) is 0.734. The molecule has 0 saturated heterocycles. The Morgan fingerprint density at radius 2 is 2.20 bits per heavy atom. The van der Waals surface area contributed by atoms with Gasteiger partial charge in [-0.2, -0.15) is 0 Å². The smallest absolute Gasteiger partial charge is 0.157 e. The minimum Gasteiger partial charge on any atom is -0.327 e. The van der Waals surface area contributed by atoms with Gasteiger partial charge in [0.2, 0.25) is 0 Å². The minimum atomic E-state index is -3.13. The van der Waals surface area contributed by atoms with Crippen molar-refractivity contribution in [2.75, 3.05) is 5.75 Å². The summed E-state index contributed by atoms with van der Waals surface area (Å²) in [6.45, 7) is 1.88. The largest absolute Gasteiger partial charge is 0.327 e. The summed E-state index contributed by atoms with van der Waals surface area (Å²) in [5.41, 5.74) is 6.18. The number of hydrogen-bond donors (Lipinski definition) is 1. The maximum Gasteiger partial charge on any atom is 0.157 e. The van der Waals surface area contributed by atoms with E-state index in [1.807, 2.05) is 6.92 Å². The van der Waals surface area contributed by atoms with E-state index >= 15 is 0 Å². The van der Waals surface area contributed by atoms with Crippen LogP contribution in [0.4, 0.5) is 0 Å². The first-order valence-electron chi connectivity index (χ1n) is 4.89. The molecule has 0 spiro atoms. The van der Waals surface area contributed by atoms with Crippen LogP contribution in [0.3, 0.4) is 0 Å². The van der Waals surface area contributed by atoms with Crippen molar-refractivity contribution < 1.29 is 8.42 Å². The van der Waals surface area contributed by atoms with Crippen molar-refractivity contribution in [2.24, 2.45) is 5.73 Å². The third kappa shape index (κ3) is 4.40. The molecule has 4 nitrogen and oxygen atoms in total. The molecule has 0 amide bonds. The second-order valence-corrected chi connectivity index (χ2v) is 5.65. The van der Waals surface area contributed by atoms with Crippen LogP contribution >= 0.6 is 0 Å². The van der Waals surface area contributed by atoms with Crippen LogP contribution in [0.1, 0.15) is 19.0 Å². The molecule has 0 bridgehead atoms. The van der Waals surface area contributed by atoms with Gasteiger partial charge in [-0.3, -0.25) is 4.98 Å². The molecule has 5 heteroatoms. The van der Waals surface area contributed by atoms with Gasteiger partial charge in [-0.1, -0.05) is 13.0 Å². The Labute approximate surface area is 90.4 Å². The minimum absolute atomic E-state index is 0.0263. The van der Waals surface area contributed by atoms with E-state index in [1.54, 1.807) is 24.4 Å². The number of nitrogens with zero attached hydrogens (tertiary/aromatic N) is 1. The molecule has 0 aliphatic heterocycles. The van der Waals surface area contributed by atoms with Crippen molar-refractivity contribution in [1.82, 2.24) is 4.98 Å². The maximum atomic E-state index is 11.6. The molecule has 0 aliphatic rings. The number of nitrogens with two attached hydrogens (primary N) is 1. The van der Waals surface area contributed by atoms with Crippen LogP contribution in [0.15, 0.2) is 24.4 Å². The highest BCUT2D eigenvalue weighted by Gasteiger charge is 2.16. The molecule has 0 radical (unpaired) electrons. The Hall–Kier alpha value is -0.940. The highest BCUT2D eigenvalue weighted by molar-refractivity contribution is 7.90. The van der Waals surface area contributed by atoms with Crippen molar-refractivity contribution in [1.29, 1.82) is 0 Å². The first-order valence-corrected chi connectivity index (χ1v) is 6.71. The molecule has 0 fully saturated rings. The lowest BCUT2D eigenvalue weighted by molar-refractivity contribution is 0.582. The molecule has 15 heavy (non-hydrogen) atoms. The number of rotatable bonds is 5. The Bertz CT molecular complexity index is 389. The van der Waals surface area contributed by atoms with Gasteiger partial charge >= 0.3 is 0 Å². The average molecular weight is 228 g/mol. The lowest BCUT2D eigenvalue weighted by Crippen LogP contribution is -2.29. The van der Waals surface area contributed by atoms with Crippen LogP contribution < -0.4 is 5.73 Å². The van der Waals surface area contributed by atoms with Gasteiger partial charge in [0.25, 0.3) is 0 Å². The highest BCUT2D eigenvalue weighted by Crippen LogP contribution is 2.05. The van der Waals surface area contributed by atoms with E-state index in [-0.39, 0.29) is 17.5 Å². The average Bonchev–Trinajstić information content (AvgIpc) is 2.17. The Kier molecular flexibility index (Phi) is 4.23. The fraction of sp³-hybridized carbons (Fsp3) is 0.500. The van der Waals surface area contributed by atoms with Crippen LogP contribution in [0.2, 0.25) is 0 Å². The van der Waals surface area contributed by atoms with Crippen LogP contribution in [0.25, 0.3) is 0 Å². The predicted molar refractivity (Wildman–Crippen MR) is 60.0 cm³/mol. The Morgan fingerprint density at radius 1 is 1.47 bits per heavy atom. The molecule has 84 valence electrons. The van der Waals surface area contributed by atoms with Gasteiger partial charge in [0.15, 0.2) is 9.84 Å². The number of pyridine rings is 1. The summed E-state index contributed by atoms with van der Waals surface area (Å²) in [4.78, 5) is 3.98. The summed E-state index contributed by atoms with van der Waals surface area (Å²) in [7, 11) is -3.13. The second-order valence-electron chi connectivity index (χ2n) is 3.54. The number of aromatic nitrogens is 1. The van der Waals surface area contributed by atoms with Crippen LogP contribution in [-0.4, -0.2) is 25.2 Å². The monoisotopic (exact) mass is 228 g/mol. The van der Waals surface area contributed by atoms with Crippen molar-refractivity contribution in [2.45, 2.75) is 25.1 Å². The summed E-state index contributed by atoms with van der Waals surface area (Å²) in [5.74, 6) is 0.00160. The van der Waals surface area contributed by atoms with Crippen molar-refractivity contribution in [3.05, 3.63) is 30.1 Å². The molecule has 1 unspecified atom stereocenters. The lowest BCUT2D eigenvalue weighted by atomic mass is 10.3. The summed E-state index contributed by atoms with van der Waals surface area (Å²) >= 11 is 0. The van der Waals surface area contributed by atoms with Gasteiger partial charge in [0, 0.05) is 12.2 Å². The molecule has 1 aromatic rings. The van der Waals surface area contributed by atoms with Gasteiger partial charge in [0.05, 0.1) is 17.2 Å². The van der Waals surface area contributed by atoms with Crippen LogP contribution in [0, 0.1) is 0 Å². The van der Waals surface area contributed by atoms with E-state index in [0.717, 1.165) is 0 Å². The van der Waals surface area contributed by atoms with Crippen molar-refractivity contribution in [3.63, 3.8) is 0 Å². The summed E-state index contributed by atoms with van der Waals surface area (Å²) in [6.07, 6.45) is 2.26. The molecular weight excluding hydrogens is 212 g/mol. The molecule has 1 aromatic heterocycles. The first-order chi connectivity index (χ1) is 7.03. The van der Waals surface area contributed by atoms with Gasteiger partial charge in [-0.15, -0.1) is 0 Å². The Morgan fingerprint density at radius 3 is 2.73 bits per heavy atom.